The van der Waals surface area contributed by atoms with Gasteiger partial charge in [0.25, 0.3) is 0 Å². The highest BCUT2D eigenvalue weighted by Gasteiger charge is 2.14. The van der Waals surface area contributed by atoms with Crippen LogP contribution in [0.15, 0.2) is 77.8 Å². The molecule has 0 heterocycles. The van der Waals surface area contributed by atoms with Gasteiger partial charge in [0.15, 0.2) is 5.17 Å². The average Bonchev–Trinajstić information content (AvgIpc) is 2.81. The van der Waals surface area contributed by atoms with Gasteiger partial charge in [0, 0.05) is 18.1 Å². The molecule has 0 fully saturated rings. The van der Waals surface area contributed by atoms with Gasteiger partial charge in [0.2, 0.25) is 0 Å². The van der Waals surface area contributed by atoms with Gasteiger partial charge < -0.3 is 14.4 Å². The molecule has 4 nitrogen and oxygen atoms in total. The highest BCUT2D eigenvalue weighted by Crippen LogP contribution is 2.24. The predicted octanol–water partition coefficient (Wildman–Crippen LogP) is 6.80. The van der Waals surface area contributed by atoms with Crippen LogP contribution < -0.4 is 9.47 Å². The molecule has 0 aliphatic heterocycles. The molecule has 0 bridgehead atoms. The van der Waals surface area contributed by atoms with Crippen molar-refractivity contribution in [2.75, 3.05) is 20.0 Å². The lowest BCUT2D eigenvalue weighted by molar-refractivity contribution is 0.405. The smallest absolute Gasteiger partial charge is 0.164 e. The van der Waals surface area contributed by atoms with Crippen LogP contribution in [0.25, 0.3) is 0 Å². The molecule has 0 aliphatic rings. The number of nitrogens with zero attached hydrogens (tertiary/aromatic N) is 2. The maximum Gasteiger partial charge on any atom is 0.164 e. The third-order valence-electron chi connectivity index (χ3n) is 4.66. The van der Waals surface area contributed by atoms with Crippen LogP contribution in [0.2, 0.25) is 5.02 Å². The van der Waals surface area contributed by atoms with E-state index >= 15 is 0 Å². The molecule has 0 aromatic heterocycles. The van der Waals surface area contributed by atoms with E-state index in [1.54, 1.807) is 26.0 Å². The molecule has 0 atom stereocenters. The number of hydrogen-bond acceptors (Lipinski definition) is 4. The minimum Gasteiger partial charge on any atom is -0.497 e. The number of hydrogen-bond donors (Lipinski definition) is 0. The highest BCUT2D eigenvalue weighted by molar-refractivity contribution is 8.13. The van der Waals surface area contributed by atoms with E-state index in [0.29, 0.717) is 5.02 Å². The molecule has 6 heteroatoms. The minimum absolute atomic E-state index is 0.706. The number of aliphatic imine (C=N–C) groups is 1. The molecule has 0 N–H and O–H groups in total. The highest BCUT2D eigenvalue weighted by atomic mass is 35.5. The molecular weight excluding hydrogens is 428 g/mol. The first-order valence-corrected chi connectivity index (χ1v) is 11.5. The van der Waals surface area contributed by atoms with Gasteiger partial charge >= 0.3 is 0 Å². The summed E-state index contributed by atoms with van der Waals surface area (Å²) in [6.07, 6.45) is 0. The minimum atomic E-state index is 0.706. The fourth-order valence-electron chi connectivity index (χ4n) is 3.04. The molecule has 0 unspecified atom stereocenters. The van der Waals surface area contributed by atoms with E-state index in [0.717, 1.165) is 41.2 Å². The third-order valence-corrected chi connectivity index (χ3v) is 5.81. The first-order chi connectivity index (χ1) is 15.1. The Hall–Kier alpha value is -2.63. The Morgan fingerprint density at radius 2 is 1.29 bits per heavy atom. The second-order valence-electron chi connectivity index (χ2n) is 6.86. The molecule has 0 spiro atoms. The second kappa shape index (κ2) is 11.7. The van der Waals surface area contributed by atoms with Gasteiger partial charge in [-0.05, 0) is 65.4 Å². The molecule has 0 amide bonds. The van der Waals surface area contributed by atoms with E-state index in [9.17, 15) is 0 Å². The first kappa shape index (κ1) is 23.0. The summed E-state index contributed by atoms with van der Waals surface area (Å²) in [5.41, 5.74) is 3.26. The first-order valence-electron chi connectivity index (χ1n) is 10.1. The molecule has 0 radical (unpaired) electrons. The maximum atomic E-state index is 6.05. The van der Waals surface area contributed by atoms with Crippen LogP contribution in [0.1, 0.15) is 18.1 Å². The zero-order valence-electron chi connectivity index (χ0n) is 18.0. The van der Waals surface area contributed by atoms with Gasteiger partial charge in [-0.15, -0.1) is 0 Å². The summed E-state index contributed by atoms with van der Waals surface area (Å²) < 4.78 is 10.6. The number of amidine groups is 1. The van der Waals surface area contributed by atoms with Gasteiger partial charge in [-0.2, -0.15) is 0 Å². The summed E-state index contributed by atoms with van der Waals surface area (Å²) in [7, 11) is 3.36. The molecule has 0 saturated heterocycles. The van der Waals surface area contributed by atoms with E-state index < -0.39 is 0 Å². The standard InChI is InChI=1S/C25H27ClN2O2S/c1-4-31-25(27-22-11-9-21(26)10-12-22)28(17-19-5-13-23(29-2)14-6-19)18-20-7-15-24(30-3)16-8-20/h5-16H,4,17-18H2,1-3H3. The largest absolute Gasteiger partial charge is 0.497 e. The van der Waals surface area contributed by atoms with Crippen LogP contribution in [0.5, 0.6) is 11.5 Å². The van der Waals surface area contributed by atoms with E-state index in [-0.39, 0.29) is 0 Å². The monoisotopic (exact) mass is 454 g/mol. The number of halogens is 1. The second-order valence-corrected chi connectivity index (χ2v) is 8.52. The quantitative estimate of drug-likeness (QED) is 0.277. The Kier molecular flexibility index (Phi) is 8.68. The van der Waals surface area contributed by atoms with Gasteiger partial charge in [-0.3, -0.25) is 0 Å². The van der Waals surface area contributed by atoms with E-state index in [1.165, 1.54) is 11.1 Å². The number of rotatable bonds is 8. The lowest BCUT2D eigenvalue weighted by Crippen LogP contribution is -2.28. The van der Waals surface area contributed by atoms with Crippen LogP contribution >= 0.6 is 23.4 Å². The molecule has 31 heavy (non-hydrogen) atoms. The SMILES string of the molecule is CCSC(=Nc1ccc(Cl)cc1)N(Cc1ccc(OC)cc1)Cc1ccc(OC)cc1. The summed E-state index contributed by atoms with van der Waals surface area (Å²) in [6, 6.07) is 24.0. The zero-order chi connectivity index (χ0) is 22.1. The Morgan fingerprint density at radius 3 is 1.71 bits per heavy atom. The number of thioether (sulfide) groups is 1. The Labute approximate surface area is 193 Å². The normalized spacial score (nSPS) is 11.3. The van der Waals surface area contributed by atoms with E-state index in [4.69, 9.17) is 26.1 Å². The van der Waals surface area contributed by atoms with E-state index in [2.05, 4.69) is 36.1 Å². The number of ether oxygens (including phenoxy) is 2. The summed E-state index contributed by atoms with van der Waals surface area (Å²) in [5, 5.41) is 1.67. The van der Waals surface area contributed by atoms with Gasteiger partial charge in [0.1, 0.15) is 11.5 Å². The molecule has 3 aromatic rings. The van der Waals surface area contributed by atoms with Crippen molar-refractivity contribution in [3.8, 4) is 11.5 Å². The van der Waals surface area contributed by atoms with Crippen molar-refractivity contribution in [3.63, 3.8) is 0 Å². The average molecular weight is 455 g/mol. The Balaban J connectivity index is 1.92. The summed E-state index contributed by atoms with van der Waals surface area (Å²) in [5.74, 6) is 2.63. The lowest BCUT2D eigenvalue weighted by Gasteiger charge is -2.26. The molecule has 162 valence electrons. The number of benzene rings is 3. The Bertz CT molecular complexity index is 924. The topological polar surface area (TPSA) is 34.1 Å². The van der Waals surface area contributed by atoms with Crippen LogP contribution in [0.3, 0.4) is 0 Å². The molecular formula is C25H27ClN2O2S. The van der Waals surface area contributed by atoms with Crippen molar-refractivity contribution in [1.82, 2.24) is 4.90 Å². The van der Waals surface area contributed by atoms with Crippen LogP contribution in [-0.2, 0) is 13.1 Å². The number of methoxy groups -OCH3 is 2. The molecule has 3 rings (SSSR count). The summed E-state index contributed by atoms with van der Waals surface area (Å²) in [6.45, 7) is 3.60. The van der Waals surface area contributed by atoms with Crippen molar-refractivity contribution in [1.29, 1.82) is 0 Å². The summed E-state index contributed by atoms with van der Waals surface area (Å²) >= 11 is 7.78. The van der Waals surface area contributed by atoms with E-state index in [1.807, 2.05) is 48.5 Å². The Morgan fingerprint density at radius 1 is 0.806 bits per heavy atom. The van der Waals surface area contributed by atoms with Crippen molar-refractivity contribution >= 4 is 34.2 Å². The van der Waals surface area contributed by atoms with Crippen molar-refractivity contribution in [2.45, 2.75) is 20.0 Å². The molecule has 3 aromatic carbocycles. The third kappa shape index (κ3) is 6.94. The molecule has 0 aliphatic carbocycles. The van der Waals surface area contributed by atoms with Crippen molar-refractivity contribution in [2.24, 2.45) is 4.99 Å². The summed E-state index contributed by atoms with van der Waals surface area (Å²) in [4.78, 5) is 7.25. The fourth-order valence-corrected chi connectivity index (χ4v) is 3.91. The predicted molar refractivity (Wildman–Crippen MR) is 132 cm³/mol. The van der Waals surface area contributed by atoms with Crippen molar-refractivity contribution in [3.05, 3.63) is 88.9 Å². The zero-order valence-corrected chi connectivity index (χ0v) is 19.6. The maximum absolute atomic E-state index is 6.05. The fraction of sp³-hybridized carbons (Fsp3) is 0.240. The molecule has 0 saturated carbocycles. The van der Waals surface area contributed by atoms with Crippen LogP contribution in [-0.4, -0.2) is 30.0 Å². The van der Waals surface area contributed by atoms with Crippen LogP contribution in [0, 0.1) is 0 Å². The van der Waals surface area contributed by atoms with Gasteiger partial charge in [-0.25, -0.2) is 4.99 Å². The van der Waals surface area contributed by atoms with Gasteiger partial charge in [0.05, 0.1) is 19.9 Å². The van der Waals surface area contributed by atoms with Crippen LogP contribution in [0.4, 0.5) is 5.69 Å². The van der Waals surface area contributed by atoms with Crippen molar-refractivity contribution < 1.29 is 9.47 Å². The van der Waals surface area contributed by atoms with Gasteiger partial charge in [-0.1, -0.05) is 54.6 Å². The lowest BCUT2D eigenvalue weighted by atomic mass is 10.1.